The van der Waals surface area contributed by atoms with Gasteiger partial charge in [0.15, 0.2) is 13.2 Å². The fourth-order valence-electron chi connectivity index (χ4n) is 2.90. The van der Waals surface area contributed by atoms with Crippen LogP contribution in [0.25, 0.3) is 0 Å². The number of carbonyl (C=O) groups excluding carboxylic acids is 3. The van der Waals surface area contributed by atoms with Gasteiger partial charge in [0.2, 0.25) is 0 Å². The maximum Gasteiger partial charge on any atom is 0.344 e. The molecule has 0 spiro atoms. The van der Waals surface area contributed by atoms with Crippen LogP contribution in [0.2, 0.25) is 0 Å². The van der Waals surface area contributed by atoms with E-state index in [1.807, 2.05) is 26.0 Å². The standard InChI is InChI=1S/C24H30N2O5/c1-5-26(6-2)24(29)19-8-7-9-20(14-19)25-22(27)15-31-23(28)16-30-21-12-10-18(11-13-21)17(3)4/h7-14,17H,5-6,15-16H2,1-4H3,(H,25,27). The van der Waals surface area contributed by atoms with Crippen molar-refractivity contribution in [2.45, 2.75) is 33.6 Å². The number of amides is 2. The SMILES string of the molecule is CCN(CC)C(=O)c1cccc(NC(=O)COC(=O)COc2ccc(C(C)C)cc2)c1. The Morgan fingerprint density at radius 2 is 1.65 bits per heavy atom. The highest BCUT2D eigenvalue weighted by molar-refractivity contribution is 5.97. The summed E-state index contributed by atoms with van der Waals surface area (Å²) >= 11 is 0. The van der Waals surface area contributed by atoms with Crippen molar-refractivity contribution in [3.8, 4) is 5.75 Å². The van der Waals surface area contributed by atoms with E-state index >= 15 is 0 Å². The van der Waals surface area contributed by atoms with Crippen LogP contribution in [0, 0.1) is 0 Å². The molecule has 0 bridgehead atoms. The largest absolute Gasteiger partial charge is 0.482 e. The number of benzene rings is 2. The van der Waals surface area contributed by atoms with Crippen molar-refractivity contribution in [2.24, 2.45) is 0 Å². The van der Waals surface area contributed by atoms with E-state index in [1.165, 1.54) is 5.56 Å². The Kier molecular flexibility index (Phi) is 9.06. The summed E-state index contributed by atoms with van der Waals surface area (Å²) in [6.45, 7) is 8.48. The molecule has 31 heavy (non-hydrogen) atoms. The molecule has 7 nitrogen and oxygen atoms in total. The summed E-state index contributed by atoms with van der Waals surface area (Å²) in [6, 6.07) is 14.1. The molecule has 0 aliphatic rings. The van der Waals surface area contributed by atoms with Crippen LogP contribution in [0.15, 0.2) is 48.5 Å². The fraction of sp³-hybridized carbons (Fsp3) is 0.375. The lowest BCUT2D eigenvalue weighted by atomic mass is 10.0. The lowest BCUT2D eigenvalue weighted by Gasteiger charge is -2.19. The molecule has 7 heteroatoms. The van der Waals surface area contributed by atoms with Gasteiger partial charge >= 0.3 is 5.97 Å². The Bertz CT molecular complexity index is 889. The predicted molar refractivity (Wildman–Crippen MR) is 119 cm³/mol. The van der Waals surface area contributed by atoms with Gasteiger partial charge in [-0.05, 0) is 55.7 Å². The molecule has 1 N–H and O–H groups in total. The van der Waals surface area contributed by atoms with E-state index < -0.39 is 18.5 Å². The number of hydrogen-bond donors (Lipinski definition) is 1. The van der Waals surface area contributed by atoms with Gasteiger partial charge in [-0.15, -0.1) is 0 Å². The van der Waals surface area contributed by atoms with E-state index in [1.54, 1.807) is 41.3 Å². The molecule has 0 atom stereocenters. The highest BCUT2D eigenvalue weighted by atomic mass is 16.6. The third-order valence-corrected chi connectivity index (χ3v) is 4.71. The van der Waals surface area contributed by atoms with Crippen LogP contribution in [-0.4, -0.2) is 49.0 Å². The zero-order chi connectivity index (χ0) is 22.8. The number of nitrogens with one attached hydrogen (secondary N) is 1. The molecule has 2 aromatic carbocycles. The maximum atomic E-state index is 12.4. The average molecular weight is 427 g/mol. The van der Waals surface area contributed by atoms with E-state index in [0.29, 0.717) is 36.0 Å². The minimum Gasteiger partial charge on any atom is -0.482 e. The first-order chi connectivity index (χ1) is 14.8. The number of ether oxygens (including phenoxy) is 2. The fourth-order valence-corrected chi connectivity index (χ4v) is 2.90. The first kappa shape index (κ1) is 23.9. The molecule has 2 rings (SSSR count). The average Bonchev–Trinajstić information content (AvgIpc) is 2.77. The second-order valence-electron chi connectivity index (χ2n) is 7.28. The van der Waals surface area contributed by atoms with Crippen LogP contribution < -0.4 is 10.1 Å². The Balaban J connectivity index is 1.80. The molecule has 2 amide bonds. The van der Waals surface area contributed by atoms with Crippen molar-refractivity contribution < 1.29 is 23.9 Å². The van der Waals surface area contributed by atoms with Gasteiger partial charge in [0, 0.05) is 24.3 Å². The quantitative estimate of drug-likeness (QED) is 0.583. The van der Waals surface area contributed by atoms with Crippen LogP contribution in [0.5, 0.6) is 5.75 Å². The topological polar surface area (TPSA) is 84.9 Å². The van der Waals surface area contributed by atoms with Crippen molar-refractivity contribution in [2.75, 3.05) is 31.6 Å². The first-order valence-electron chi connectivity index (χ1n) is 10.4. The number of esters is 1. The number of rotatable bonds is 10. The van der Waals surface area contributed by atoms with E-state index in [4.69, 9.17) is 9.47 Å². The second kappa shape index (κ2) is 11.7. The molecule has 0 saturated heterocycles. The summed E-state index contributed by atoms with van der Waals surface area (Å²) in [5.74, 6) is -0.282. The van der Waals surface area contributed by atoms with Crippen molar-refractivity contribution in [3.05, 3.63) is 59.7 Å². The van der Waals surface area contributed by atoms with E-state index in [2.05, 4.69) is 19.2 Å². The van der Waals surface area contributed by atoms with Crippen molar-refractivity contribution in [1.29, 1.82) is 0 Å². The lowest BCUT2D eigenvalue weighted by Crippen LogP contribution is -2.30. The highest BCUT2D eigenvalue weighted by Gasteiger charge is 2.14. The van der Waals surface area contributed by atoms with Gasteiger partial charge in [-0.2, -0.15) is 0 Å². The summed E-state index contributed by atoms with van der Waals surface area (Å²) in [4.78, 5) is 38.1. The maximum absolute atomic E-state index is 12.4. The summed E-state index contributed by atoms with van der Waals surface area (Å²) in [5.41, 5.74) is 2.12. The Hall–Kier alpha value is -3.35. The normalized spacial score (nSPS) is 10.5. The van der Waals surface area contributed by atoms with Crippen LogP contribution in [0.3, 0.4) is 0 Å². The number of anilines is 1. The zero-order valence-corrected chi connectivity index (χ0v) is 18.5. The molecule has 0 heterocycles. The molecule has 2 aromatic rings. The number of nitrogens with zero attached hydrogens (tertiary/aromatic N) is 1. The Labute approximate surface area is 183 Å². The molecular formula is C24H30N2O5. The summed E-state index contributed by atoms with van der Waals surface area (Å²) in [5, 5.41) is 2.63. The van der Waals surface area contributed by atoms with Crippen LogP contribution in [0.4, 0.5) is 5.69 Å². The van der Waals surface area contributed by atoms with Gasteiger partial charge < -0.3 is 19.7 Å². The molecule has 0 fully saturated rings. The lowest BCUT2D eigenvalue weighted by molar-refractivity contribution is -0.149. The Morgan fingerprint density at radius 3 is 2.26 bits per heavy atom. The third kappa shape index (κ3) is 7.44. The summed E-state index contributed by atoms with van der Waals surface area (Å²) < 4.78 is 10.3. The van der Waals surface area contributed by atoms with Crippen molar-refractivity contribution >= 4 is 23.5 Å². The first-order valence-corrected chi connectivity index (χ1v) is 10.4. The molecule has 166 valence electrons. The summed E-state index contributed by atoms with van der Waals surface area (Å²) in [6.07, 6.45) is 0. The van der Waals surface area contributed by atoms with Gasteiger partial charge in [0.1, 0.15) is 5.75 Å². The van der Waals surface area contributed by atoms with Crippen molar-refractivity contribution in [3.63, 3.8) is 0 Å². The van der Waals surface area contributed by atoms with Crippen LogP contribution in [0.1, 0.15) is 49.5 Å². The van der Waals surface area contributed by atoms with Gasteiger partial charge in [0.25, 0.3) is 11.8 Å². The molecular weight excluding hydrogens is 396 g/mol. The second-order valence-corrected chi connectivity index (χ2v) is 7.28. The zero-order valence-electron chi connectivity index (χ0n) is 18.5. The minimum atomic E-state index is -0.645. The number of hydrogen-bond acceptors (Lipinski definition) is 5. The molecule has 0 unspecified atom stereocenters. The molecule has 0 saturated carbocycles. The molecule has 0 radical (unpaired) electrons. The van der Waals surface area contributed by atoms with E-state index in [-0.39, 0.29) is 12.5 Å². The highest BCUT2D eigenvalue weighted by Crippen LogP contribution is 2.18. The predicted octanol–water partition coefficient (Wildman–Crippen LogP) is 3.85. The van der Waals surface area contributed by atoms with Gasteiger partial charge in [-0.25, -0.2) is 4.79 Å². The minimum absolute atomic E-state index is 0.105. The van der Waals surface area contributed by atoms with Gasteiger partial charge in [-0.3, -0.25) is 9.59 Å². The molecule has 0 aliphatic heterocycles. The number of carbonyl (C=O) groups is 3. The molecule has 0 aromatic heterocycles. The Morgan fingerprint density at radius 1 is 0.968 bits per heavy atom. The third-order valence-electron chi connectivity index (χ3n) is 4.71. The summed E-state index contributed by atoms with van der Waals surface area (Å²) in [7, 11) is 0. The van der Waals surface area contributed by atoms with Gasteiger partial charge in [-0.1, -0.05) is 32.0 Å². The molecule has 0 aliphatic carbocycles. The van der Waals surface area contributed by atoms with E-state index in [0.717, 1.165) is 0 Å². The van der Waals surface area contributed by atoms with E-state index in [9.17, 15) is 14.4 Å². The monoisotopic (exact) mass is 426 g/mol. The van der Waals surface area contributed by atoms with Crippen LogP contribution >= 0.6 is 0 Å². The van der Waals surface area contributed by atoms with Gasteiger partial charge in [0.05, 0.1) is 0 Å². The van der Waals surface area contributed by atoms with Crippen LogP contribution in [-0.2, 0) is 14.3 Å². The van der Waals surface area contributed by atoms with Crippen molar-refractivity contribution in [1.82, 2.24) is 4.90 Å². The smallest absolute Gasteiger partial charge is 0.344 e.